The van der Waals surface area contributed by atoms with Crippen LogP contribution >= 0.6 is 11.3 Å². The molecule has 1 N–H and O–H groups in total. The summed E-state index contributed by atoms with van der Waals surface area (Å²) in [7, 11) is -3.33. The van der Waals surface area contributed by atoms with Crippen LogP contribution in [-0.2, 0) is 16.3 Å². The first-order valence-corrected chi connectivity index (χ1v) is 11.8. The molecule has 3 aromatic rings. The van der Waals surface area contributed by atoms with Crippen molar-refractivity contribution in [2.45, 2.75) is 37.3 Å². The quantitative estimate of drug-likeness (QED) is 0.610. The highest BCUT2D eigenvalue weighted by Gasteiger charge is 2.19. The first-order chi connectivity index (χ1) is 13.8. The minimum Gasteiger partial charge on any atom is -0.352 e. The molecule has 0 saturated carbocycles. The highest BCUT2D eigenvalue weighted by Crippen LogP contribution is 2.22. The van der Waals surface area contributed by atoms with E-state index in [2.05, 4.69) is 10.3 Å². The zero-order valence-corrected chi connectivity index (χ0v) is 18.3. The average molecular weight is 429 g/mol. The molecule has 1 aromatic heterocycles. The molecular weight excluding hydrogens is 404 g/mol. The van der Waals surface area contributed by atoms with Crippen molar-refractivity contribution in [1.82, 2.24) is 10.3 Å². The van der Waals surface area contributed by atoms with Gasteiger partial charge >= 0.3 is 0 Å². The fraction of sp³-hybridized carbons (Fsp3) is 0.273. The Balaban J connectivity index is 1.54. The number of nitrogens with one attached hydrogen (secondary N) is 1. The van der Waals surface area contributed by atoms with Gasteiger partial charge in [0.15, 0.2) is 9.84 Å². The van der Waals surface area contributed by atoms with Gasteiger partial charge in [-0.1, -0.05) is 24.3 Å². The van der Waals surface area contributed by atoms with Gasteiger partial charge < -0.3 is 5.32 Å². The zero-order chi connectivity index (χ0) is 21.0. The molecule has 0 saturated heterocycles. The lowest BCUT2D eigenvalue weighted by molar-refractivity contribution is 0.0954. The van der Waals surface area contributed by atoms with E-state index in [1.807, 2.05) is 36.6 Å². The first kappa shape index (κ1) is 21.2. The molecule has 0 aliphatic rings. The number of nitrogens with zero attached hydrogens (tertiary/aromatic N) is 1. The van der Waals surface area contributed by atoms with Crippen molar-refractivity contribution >= 4 is 27.1 Å². The molecule has 7 heteroatoms. The van der Waals surface area contributed by atoms with Gasteiger partial charge in [0.2, 0.25) is 0 Å². The molecule has 0 spiro atoms. The van der Waals surface area contributed by atoms with Crippen molar-refractivity contribution in [2.75, 3.05) is 6.54 Å². The van der Waals surface area contributed by atoms with E-state index in [-0.39, 0.29) is 10.8 Å². The molecule has 0 bridgehead atoms. The van der Waals surface area contributed by atoms with Gasteiger partial charge in [-0.3, -0.25) is 4.79 Å². The van der Waals surface area contributed by atoms with Crippen LogP contribution in [0.15, 0.2) is 58.8 Å². The second-order valence-corrected chi connectivity index (χ2v) is 10.6. The third-order valence-corrected chi connectivity index (χ3v) is 7.58. The van der Waals surface area contributed by atoms with Crippen LogP contribution in [-0.4, -0.2) is 31.1 Å². The highest BCUT2D eigenvalue weighted by atomic mass is 32.2. The summed E-state index contributed by atoms with van der Waals surface area (Å²) >= 11 is 1.63. The molecule has 2 aromatic carbocycles. The minimum atomic E-state index is -3.33. The molecule has 1 heterocycles. The van der Waals surface area contributed by atoms with Crippen molar-refractivity contribution < 1.29 is 13.2 Å². The fourth-order valence-electron chi connectivity index (χ4n) is 2.83. The molecule has 3 rings (SSSR count). The number of benzene rings is 2. The molecule has 0 radical (unpaired) electrons. The fourth-order valence-corrected chi connectivity index (χ4v) is 4.51. The van der Waals surface area contributed by atoms with Crippen LogP contribution in [0.5, 0.6) is 0 Å². The van der Waals surface area contributed by atoms with E-state index in [9.17, 15) is 13.2 Å². The van der Waals surface area contributed by atoms with Crippen LogP contribution in [0.4, 0.5) is 0 Å². The number of carbonyl (C=O) groups excluding carboxylic acids is 1. The Morgan fingerprint density at radius 2 is 1.72 bits per heavy atom. The molecule has 152 valence electrons. The van der Waals surface area contributed by atoms with Gasteiger partial charge in [0.25, 0.3) is 5.91 Å². The summed E-state index contributed by atoms with van der Waals surface area (Å²) in [5, 5.41) is 5.47. The third-order valence-electron chi connectivity index (χ3n) is 4.63. The second-order valence-electron chi connectivity index (χ2n) is 7.07. The first-order valence-electron chi connectivity index (χ1n) is 9.41. The largest absolute Gasteiger partial charge is 0.352 e. The van der Waals surface area contributed by atoms with Crippen LogP contribution in [0.1, 0.15) is 34.8 Å². The third kappa shape index (κ3) is 5.10. The Hall–Kier alpha value is -2.51. The molecule has 0 aliphatic carbocycles. The van der Waals surface area contributed by atoms with E-state index in [0.29, 0.717) is 18.5 Å². The monoisotopic (exact) mass is 428 g/mol. The predicted molar refractivity (Wildman–Crippen MR) is 117 cm³/mol. The number of aromatic nitrogens is 1. The maximum absolute atomic E-state index is 12.3. The smallest absolute Gasteiger partial charge is 0.251 e. The Bertz CT molecular complexity index is 1080. The lowest BCUT2D eigenvalue weighted by Crippen LogP contribution is -2.25. The molecular formula is C22H24N2O3S2. The van der Waals surface area contributed by atoms with Crippen LogP contribution in [0.2, 0.25) is 0 Å². The number of hydrogen-bond donors (Lipinski definition) is 1. The number of sulfone groups is 1. The van der Waals surface area contributed by atoms with Crippen molar-refractivity contribution in [2.24, 2.45) is 0 Å². The maximum Gasteiger partial charge on any atom is 0.251 e. The lowest BCUT2D eigenvalue weighted by atomic mass is 10.1. The molecule has 1 amide bonds. The summed E-state index contributed by atoms with van der Waals surface area (Å²) in [5.41, 5.74) is 3.63. The van der Waals surface area contributed by atoms with E-state index in [1.54, 1.807) is 37.3 Å². The van der Waals surface area contributed by atoms with Gasteiger partial charge in [0.1, 0.15) is 0 Å². The van der Waals surface area contributed by atoms with E-state index in [1.165, 1.54) is 12.1 Å². The van der Waals surface area contributed by atoms with Gasteiger partial charge in [0.05, 0.1) is 20.8 Å². The summed E-state index contributed by atoms with van der Waals surface area (Å²) in [6, 6.07) is 14.2. The van der Waals surface area contributed by atoms with Crippen LogP contribution < -0.4 is 5.32 Å². The average Bonchev–Trinajstić information content (AvgIpc) is 3.14. The van der Waals surface area contributed by atoms with Crippen molar-refractivity contribution in [3.05, 3.63) is 70.0 Å². The lowest BCUT2D eigenvalue weighted by Gasteiger charge is -2.09. The summed E-state index contributed by atoms with van der Waals surface area (Å²) in [6.07, 6.45) is 0.710. The number of hydrogen-bond acceptors (Lipinski definition) is 5. The topological polar surface area (TPSA) is 76.1 Å². The molecule has 0 fully saturated rings. The van der Waals surface area contributed by atoms with Crippen LogP contribution in [0.3, 0.4) is 0 Å². The summed E-state index contributed by atoms with van der Waals surface area (Å²) in [4.78, 5) is 17.0. The number of aryl methyl sites for hydroxylation is 1. The summed E-state index contributed by atoms with van der Waals surface area (Å²) in [5.74, 6) is -0.215. The summed E-state index contributed by atoms with van der Waals surface area (Å²) < 4.78 is 24.3. The Morgan fingerprint density at radius 3 is 2.28 bits per heavy atom. The molecule has 29 heavy (non-hydrogen) atoms. The maximum atomic E-state index is 12.3. The SMILES string of the molecule is Cc1nc(-c2ccc(CCNC(=O)c3ccc(S(=O)(=O)C(C)C)cc3)cc2)cs1. The molecule has 5 nitrogen and oxygen atoms in total. The van der Waals surface area contributed by atoms with Gasteiger partial charge in [0, 0.05) is 23.1 Å². The van der Waals surface area contributed by atoms with Crippen molar-refractivity contribution in [3.8, 4) is 11.3 Å². The Morgan fingerprint density at radius 1 is 1.07 bits per heavy atom. The zero-order valence-electron chi connectivity index (χ0n) is 16.7. The molecule has 0 aliphatic heterocycles. The number of thiazole rings is 1. The van der Waals surface area contributed by atoms with E-state index < -0.39 is 15.1 Å². The van der Waals surface area contributed by atoms with E-state index in [4.69, 9.17) is 0 Å². The highest BCUT2D eigenvalue weighted by molar-refractivity contribution is 7.92. The van der Waals surface area contributed by atoms with E-state index in [0.717, 1.165) is 21.8 Å². The van der Waals surface area contributed by atoms with Crippen molar-refractivity contribution in [1.29, 1.82) is 0 Å². The molecule has 0 unspecified atom stereocenters. The van der Waals surface area contributed by atoms with Crippen LogP contribution in [0.25, 0.3) is 11.3 Å². The molecule has 0 atom stereocenters. The standard InChI is InChI=1S/C22H24N2O3S2/c1-15(2)29(26,27)20-10-8-19(9-11-20)22(25)23-13-12-17-4-6-18(7-5-17)21-14-28-16(3)24-21/h4-11,14-15H,12-13H2,1-3H3,(H,23,25). The number of rotatable bonds is 7. The van der Waals surface area contributed by atoms with E-state index >= 15 is 0 Å². The number of amides is 1. The van der Waals surface area contributed by atoms with Gasteiger partial charge in [-0.05, 0) is 57.0 Å². The predicted octanol–water partition coefficient (Wildman–Crippen LogP) is 4.27. The van der Waals surface area contributed by atoms with Crippen molar-refractivity contribution in [3.63, 3.8) is 0 Å². The Kier molecular flexibility index (Phi) is 6.49. The second kappa shape index (κ2) is 8.88. The summed E-state index contributed by atoms with van der Waals surface area (Å²) in [6.45, 7) is 5.77. The van der Waals surface area contributed by atoms with Gasteiger partial charge in [-0.15, -0.1) is 11.3 Å². The normalized spacial score (nSPS) is 11.6. The minimum absolute atomic E-state index is 0.215. The Labute approximate surface area is 175 Å². The van der Waals surface area contributed by atoms with Crippen LogP contribution in [0, 0.1) is 6.92 Å². The van der Waals surface area contributed by atoms with Gasteiger partial charge in [-0.25, -0.2) is 13.4 Å². The number of carbonyl (C=O) groups is 1. The van der Waals surface area contributed by atoms with Gasteiger partial charge in [-0.2, -0.15) is 0 Å².